The number of carboxylic acids is 1. The zero-order valence-electron chi connectivity index (χ0n) is 11.7. The third-order valence-electron chi connectivity index (χ3n) is 3.41. The summed E-state index contributed by atoms with van der Waals surface area (Å²) in [6.45, 7) is 0. The van der Waals surface area contributed by atoms with Gasteiger partial charge in [0.25, 0.3) is 0 Å². The smallest absolute Gasteiger partial charge is 0.372 e. The van der Waals surface area contributed by atoms with Crippen LogP contribution in [0.15, 0.2) is 57.7 Å². The Morgan fingerprint density at radius 3 is 2.36 bits per heavy atom. The highest BCUT2D eigenvalue weighted by Crippen LogP contribution is 2.36. The lowest BCUT2D eigenvalue weighted by Gasteiger charge is -2.12. The number of hydrogen-bond donors (Lipinski definition) is 1. The van der Waals surface area contributed by atoms with Crippen LogP contribution in [0.5, 0.6) is 5.75 Å². The van der Waals surface area contributed by atoms with Crippen LogP contribution in [0.2, 0.25) is 0 Å². The first-order valence-electron chi connectivity index (χ1n) is 6.56. The minimum atomic E-state index is -1.30. The molecule has 1 heterocycles. The largest absolute Gasteiger partial charge is 0.496 e. The molecule has 0 aliphatic carbocycles. The van der Waals surface area contributed by atoms with Crippen molar-refractivity contribution >= 4 is 16.7 Å². The minimum absolute atomic E-state index is 0.327. The van der Waals surface area contributed by atoms with Crippen molar-refractivity contribution in [1.82, 2.24) is 0 Å². The second kappa shape index (κ2) is 5.37. The van der Waals surface area contributed by atoms with Crippen LogP contribution in [-0.2, 0) is 0 Å². The van der Waals surface area contributed by atoms with E-state index in [1.54, 1.807) is 48.5 Å². The molecule has 0 atom stereocenters. The molecule has 5 heteroatoms. The molecule has 0 saturated carbocycles. The molecule has 0 radical (unpaired) electrons. The topological polar surface area (TPSA) is 76.7 Å². The standard InChI is InChI=1S/C17H12O5/c1-21-13-9-5-4-8-12(13)14-10-6-2-3-7-11(10)17(20)22-15(14)16(18)19/h2-9H,1H3,(H,18,19). The fraction of sp³-hybridized carbons (Fsp3) is 0.0588. The number of hydrogen-bond acceptors (Lipinski definition) is 4. The molecule has 22 heavy (non-hydrogen) atoms. The molecule has 5 nitrogen and oxygen atoms in total. The number of carbonyl (C=O) groups is 1. The van der Waals surface area contributed by atoms with Crippen molar-refractivity contribution < 1.29 is 19.1 Å². The van der Waals surface area contributed by atoms with Crippen LogP contribution in [0.25, 0.3) is 21.9 Å². The average Bonchev–Trinajstić information content (AvgIpc) is 2.55. The molecule has 0 saturated heterocycles. The van der Waals surface area contributed by atoms with Crippen LogP contribution in [-0.4, -0.2) is 18.2 Å². The number of aromatic carboxylic acids is 1. The molecule has 0 aliphatic heterocycles. The summed E-state index contributed by atoms with van der Waals surface area (Å²) in [6.07, 6.45) is 0. The van der Waals surface area contributed by atoms with Gasteiger partial charge in [0.1, 0.15) is 5.75 Å². The molecule has 0 aliphatic rings. The summed E-state index contributed by atoms with van der Waals surface area (Å²) in [5.74, 6) is -1.19. The molecule has 1 aromatic heterocycles. The molecule has 0 unspecified atom stereocenters. The first-order valence-corrected chi connectivity index (χ1v) is 6.56. The Balaban J connectivity index is 2.51. The number of methoxy groups -OCH3 is 1. The van der Waals surface area contributed by atoms with Gasteiger partial charge in [0.05, 0.1) is 12.5 Å². The number of benzene rings is 2. The fourth-order valence-corrected chi connectivity index (χ4v) is 2.47. The van der Waals surface area contributed by atoms with Gasteiger partial charge in [-0.25, -0.2) is 9.59 Å². The Morgan fingerprint density at radius 1 is 1.05 bits per heavy atom. The van der Waals surface area contributed by atoms with E-state index in [0.717, 1.165) is 0 Å². The van der Waals surface area contributed by atoms with Gasteiger partial charge in [-0.2, -0.15) is 0 Å². The second-order valence-corrected chi connectivity index (χ2v) is 4.64. The maximum Gasteiger partial charge on any atom is 0.372 e. The van der Waals surface area contributed by atoms with E-state index in [4.69, 9.17) is 9.15 Å². The maximum absolute atomic E-state index is 12.0. The maximum atomic E-state index is 12.0. The third-order valence-corrected chi connectivity index (χ3v) is 3.41. The number of rotatable bonds is 3. The number of ether oxygens (including phenoxy) is 1. The monoisotopic (exact) mass is 296 g/mol. The SMILES string of the molecule is COc1ccccc1-c1c(C(=O)O)oc(=O)c2ccccc12. The number of carboxylic acid groups (broad SMARTS) is 1. The highest BCUT2D eigenvalue weighted by Gasteiger charge is 2.22. The average molecular weight is 296 g/mol. The normalized spacial score (nSPS) is 10.6. The summed E-state index contributed by atoms with van der Waals surface area (Å²) in [4.78, 5) is 23.5. The van der Waals surface area contributed by atoms with Crippen LogP contribution < -0.4 is 10.4 Å². The highest BCUT2D eigenvalue weighted by molar-refractivity contribution is 6.05. The van der Waals surface area contributed by atoms with Crippen molar-refractivity contribution in [2.45, 2.75) is 0 Å². The van der Waals surface area contributed by atoms with Crippen LogP contribution in [0.3, 0.4) is 0 Å². The number of fused-ring (bicyclic) bond motifs is 1. The first-order chi connectivity index (χ1) is 10.6. The van der Waals surface area contributed by atoms with Gasteiger partial charge in [-0.1, -0.05) is 36.4 Å². The van der Waals surface area contributed by atoms with Gasteiger partial charge in [-0.3, -0.25) is 0 Å². The molecule has 0 fully saturated rings. The fourth-order valence-electron chi connectivity index (χ4n) is 2.47. The second-order valence-electron chi connectivity index (χ2n) is 4.64. The van der Waals surface area contributed by atoms with E-state index < -0.39 is 17.4 Å². The zero-order chi connectivity index (χ0) is 15.7. The molecule has 0 bridgehead atoms. The van der Waals surface area contributed by atoms with Gasteiger partial charge in [0.15, 0.2) is 0 Å². The Kier molecular flexibility index (Phi) is 3.39. The molecular weight excluding hydrogens is 284 g/mol. The van der Waals surface area contributed by atoms with Gasteiger partial charge in [-0.15, -0.1) is 0 Å². The predicted molar refractivity (Wildman–Crippen MR) is 81.4 cm³/mol. The van der Waals surface area contributed by atoms with Crippen LogP contribution in [0.1, 0.15) is 10.6 Å². The summed E-state index contributed by atoms with van der Waals surface area (Å²) < 4.78 is 10.3. The summed E-state index contributed by atoms with van der Waals surface area (Å²) in [5, 5.41) is 10.2. The van der Waals surface area contributed by atoms with E-state index in [0.29, 0.717) is 27.6 Å². The first kappa shape index (κ1) is 13.9. The molecule has 0 spiro atoms. The molecule has 0 amide bonds. The lowest BCUT2D eigenvalue weighted by atomic mass is 9.97. The summed E-state index contributed by atoms with van der Waals surface area (Å²) >= 11 is 0. The lowest BCUT2D eigenvalue weighted by Crippen LogP contribution is -2.09. The zero-order valence-corrected chi connectivity index (χ0v) is 11.7. The van der Waals surface area contributed by atoms with E-state index in [1.165, 1.54) is 7.11 Å². The van der Waals surface area contributed by atoms with Crippen molar-refractivity contribution in [1.29, 1.82) is 0 Å². The van der Waals surface area contributed by atoms with Gasteiger partial charge in [0.2, 0.25) is 5.76 Å². The summed E-state index contributed by atoms with van der Waals surface area (Å²) in [6, 6.07) is 13.7. The molecule has 1 N–H and O–H groups in total. The minimum Gasteiger partial charge on any atom is -0.496 e. The van der Waals surface area contributed by atoms with Crippen molar-refractivity contribution in [3.63, 3.8) is 0 Å². The van der Waals surface area contributed by atoms with E-state index in [9.17, 15) is 14.7 Å². The Labute approximate surface area is 125 Å². The molecule has 2 aromatic carbocycles. The van der Waals surface area contributed by atoms with E-state index >= 15 is 0 Å². The van der Waals surface area contributed by atoms with Gasteiger partial charge in [-0.05, 0) is 12.1 Å². The molecular formula is C17H12O5. The molecule has 3 aromatic rings. The predicted octanol–water partition coefficient (Wildman–Crippen LogP) is 3.17. The Bertz CT molecular complexity index is 924. The van der Waals surface area contributed by atoms with Crippen LogP contribution >= 0.6 is 0 Å². The Morgan fingerprint density at radius 2 is 1.68 bits per heavy atom. The lowest BCUT2D eigenvalue weighted by molar-refractivity contribution is 0.0659. The van der Waals surface area contributed by atoms with Crippen molar-refractivity contribution in [2.75, 3.05) is 7.11 Å². The molecule has 3 rings (SSSR count). The van der Waals surface area contributed by atoms with Gasteiger partial charge < -0.3 is 14.3 Å². The summed E-state index contributed by atoms with van der Waals surface area (Å²) in [7, 11) is 1.50. The molecule has 110 valence electrons. The third kappa shape index (κ3) is 2.13. The van der Waals surface area contributed by atoms with Crippen molar-refractivity contribution in [3.05, 3.63) is 64.7 Å². The van der Waals surface area contributed by atoms with Crippen molar-refractivity contribution in [2.24, 2.45) is 0 Å². The van der Waals surface area contributed by atoms with E-state index in [2.05, 4.69) is 0 Å². The Hall–Kier alpha value is -3.08. The van der Waals surface area contributed by atoms with Crippen LogP contribution in [0.4, 0.5) is 0 Å². The van der Waals surface area contributed by atoms with E-state index in [-0.39, 0.29) is 0 Å². The highest BCUT2D eigenvalue weighted by atomic mass is 16.5. The van der Waals surface area contributed by atoms with E-state index in [1.807, 2.05) is 0 Å². The quantitative estimate of drug-likeness (QED) is 0.803. The number of para-hydroxylation sites is 1. The summed E-state index contributed by atoms with van der Waals surface area (Å²) in [5.41, 5.74) is 0.217. The van der Waals surface area contributed by atoms with Crippen molar-refractivity contribution in [3.8, 4) is 16.9 Å². The van der Waals surface area contributed by atoms with Gasteiger partial charge in [0, 0.05) is 16.5 Å². The van der Waals surface area contributed by atoms with Gasteiger partial charge >= 0.3 is 11.6 Å². The van der Waals surface area contributed by atoms with Crippen LogP contribution in [0, 0.1) is 0 Å².